The molecule has 0 amide bonds. The molecule has 0 radical (unpaired) electrons. The number of nitrogens with one attached hydrogen (secondary N) is 2. The molecule has 0 saturated carbocycles. The van der Waals surface area contributed by atoms with Gasteiger partial charge in [-0.2, -0.15) is 0 Å². The number of hydrogen-bond acceptors (Lipinski definition) is 3. The van der Waals surface area contributed by atoms with Gasteiger partial charge in [0.05, 0.1) is 6.10 Å². The lowest BCUT2D eigenvalue weighted by molar-refractivity contribution is 0.121. The maximum Gasteiger partial charge on any atom is 0.166 e. The summed E-state index contributed by atoms with van der Waals surface area (Å²) in [4.78, 5) is 1.21. The fourth-order valence-corrected chi connectivity index (χ4v) is 2.33. The third-order valence-electron chi connectivity index (χ3n) is 2.42. The highest BCUT2D eigenvalue weighted by molar-refractivity contribution is 7.99. The van der Waals surface area contributed by atoms with Gasteiger partial charge in [-0.25, -0.2) is 0 Å². The summed E-state index contributed by atoms with van der Waals surface area (Å²) in [6.07, 6.45) is 0.156. The molecule has 2 N–H and O–H groups in total. The van der Waals surface area contributed by atoms with Gasteiger partial charge in [0.15, 0.2) is 5.11 Å². The van der Waals surface area contributed by atoms with E-state index >= 15 is 0 Å². The molecule has 1 aromatic carbocycles. The third-order valence-corrected chi connectivity index (χ3v) is 3.98. The van der Waals surface area contributed by atoms with Crippen LogP contribution in [0.1, 0.15) is 6.92 Å². The average molecular weight is 319 g/mol. The van der Waals surface area contributed by atoms with Crippen LogP contribution in [-0.4, -0.2) is 37.2 Å². The lowest BCUT2D eigenvalue weighted by Gasteiger charge is -2.13. The van der Waals surface area contributed by atoms with Gasteiger partial charge in [0.1, 0.15) is 0 Å². The van der Waals surface area contributed by atoms with E-state index in [4.69, 9.17) is 28.6 Å². The maximum absolute atomic E-state index is 5.83. The maximum atomic E-state index is 5.83. The van der Waals surface area contributed by atoms with E-state index in [1.807, 2.05) is 31.2 Å². The zero-order chi connectivity index (χ0) is 14.1. The molecule has 1 rings (SSSR count). The molecule has 1 atom stereocenters. The summed E-state index contributed by atoms with van der Waals surface area (Å²) in [6.45, 7) is 3.53. The Morgan fingerprint density at radius 1 is 1.37 bits per heavy atom. The summed E-state index contributed by atoms with van der Waals surface area (Å²) in [6, 6.07) is 7.83. The van der Waals surface area contributed by atoms with Crippen LogP contribution in [0, 0.1) is 0 Å². The van der Waals surface area contributed by atoms with Crippen LogP contribution in [-0.2, 0) is 4.74 Å². The summed E-state index contributed by atoms with van der Waals surface area (Å²) in [7, 11) is 1.69. The monoisotopic (exact) mass is 318 g/mol. The lowest BCUT2D eigenvalue weighted by atomic mass is 10.4. The Bertz CT molecular complexity index is 387. The van der Waals surface area contributed by atoms with Crippen LogP contribution in [0.25, 0.3) is 0 Å². The van der Waals surface area contributed by atoms with Gasteiger partial charge in [-0.1, -0.05) is 11.6 Å². The zero-order valence-corrected chi connectivity index (χ0v) is 13.5. The van der Waals surface area contributed by atoms with Crippen LogP contribution < -0.4 is 10.6 Å². The van der Waals surface area contributed by atoms with Crippen molar-refractivity contribution in [3.8, 4) is 0 Å². The molecule has 1 unspecified atom stereocenters. The molecule has 1 aromatic rings. The quantitative estimate of drug-likeness (QED) is 0.459. The van der Waals surface area contributed by atoms with Crippen LogP contribution >= 0.6 is 35.6 Å². The number of halogens is 1. The van der Waals surface area contributed by atoms with Crippen molar-refractivity contribution in [2.45, 2.75) is 17.9 Å². The van der Waals surface area contributed by atoms with Gasteiger partial charge in [0.2, 0.25) is 0 Å². The molecule has 0 aliphatic rings. The van der Waals surface area contributed by atoms with Gasteiger partial charge >= 0.3 is 0 Å². The summed E-state index contributed by atoms with van der Waals surface area (Å²) >= 11 is 12.8. The first-order valence-electron chi connectivity index (χ1n) is 6.04. The predicted molar refractivity (Wildman–Crippen MR) is 87.3 cm³/mol. The third kappa shape index (κ3) is 7.62. The minimum absolute atomic E-state index is 0.156. The van der Waals surface area contributed by atoms with Crippen LogP contribution in [0.2, 0.25) is 5.02 Å². The van der Waals surface area contributed by atoms with Gasteiger partial charge in [-0.15, -0.1) is 11.8 Å². The molecular formula is C13H19ClN2OS2. The minimum Gasteiger partial charge on any atom is -0.380 e. The van der Waals surface area contributed by atoms with Gasteiger partial charge in [-0.3, -0.25) is 0 Å². The van der Waals surface area contributed by atoms with Gasteiger partial charge in [0, 0.05) is 35.9 Å². The average Bonchev–Trinajstić information content (AvgIpc) is 2.42. The predicted octanol–water partition coefficient (Wildman–Crippen LogP) is 2.93. The topological polar surface area (TPSA) is 33.3 Å². The molecule has 6 heteroatoms. The van der Waals surface area contributed by atoms with E-state index in [-0.39, 0.29) is 6.10 Å². The molecule has 106 valence electrons. The smallest absolute Gasteiger partial charge is 0.166 e. The van der Waals surface area contributed by atoms with Crippen molar-refractivity contribution in [3.05, 3.63) is 29.3 Å². The summed E-state index contributed by atoms with van der Waals surface area (Å²) in [5.41, 5.74) is 0. The first-order chi connectivity index (χ1) is 9.11. The Morgan fingerprint density at radius 3 is 2.68 bits per heavy atom. The van der Waals surface area contributed by atoms with Crippen LogP contribution in [0.3, 0.4) is 0 Å². The zero-order valence-electron chi connectivity index (χ0n) is 11.1. The fraction of sp³-hybridized carbons (Fsp3) is 0.462. The van der Waals surface area contributed by atoms with Crippen molar-refractivity contribution >= 4 is 40.7 Å². The Hall–Kier alpha value is -0.490. The molecular weight excluding hydrogens is 300 g/mol. The second-order valence-electron chi connectivity index (χ2n) is 3.99. The summed E-state index contributed by atoms with van der Waals surface area (Å²) in [5, 5.41) is 7.70. The van der Waals surface area contributed by atoms with Crippen molar-refractivity contribution in [3.63, 3.8) is 0 Å². The van der Waals surface area contributed by atoms with E-state index in [1.165, 1.54) is 4.90 Å². The van der Waals surface area contributed by atoms with E-state index < -0.39 is 0 Å². The SMILES string of the molecule is COC(C)CNC(=S)NCCSc1ccc(Cl)cc1. The number of methoxy groups -OCH3 is 1. The van der Waals surface area contributed by atoms with Crippen molar-refractivity contribution in [2.24, 2.45) is 0 Å². The highest BCUT2D eigenvalue weighted by atomic mass is 35.5. The number of thioether (sulfide) groups is 1. The van der Waals surface area contributed by atoms with Crippen molar-refractivity contribution in [1.82, 2.24) is 10.6 Å². The molecule has 0 heterocycles. The van der Waals surface area contributed by atoms with Crippen molar-refractivity contribution in [2.75, 3.05) is 26.0 Å². The minimum atomic E-state index is 0.156. The van der Waals surface area contributed by atoms with Crippen LogP contribution in [0.5, 0.6) is 0 Å². The number of ether oxygens (including phenoxy) is 1. The largest absolute Gasteiger partial charge is 0.380 e. The highest BCUT2D eigenvalue weighted by Crippen LogP contribution is 2.19. The van der Waals surface area contributed by atoms with Crippen LogP contribution in [0.15, 0.2) is 29.2 Å². The van der Waals surface area contributed by atoms with Crippen molar-refractivity contribution in [1.29, 1.82) is 0 Å². The van der Waals surface area contributed by atoms with E-state index in [9.17, 15) is 0 Å². The van der Waals surface area contributed by atoms with Crippen LogP contribution in [0.4, 0.5) is 0 Å². The van der Waals surface area contributed by atoms with Crippen molar-refractivity contribution < 1.29 is 4.74 Å². The molecule has 0 aliphatic carbocycles. The standard InChI is InChI=1S/C13H19ClN2OS2/c1-10(17-2)9-16-13(18)15-7-8-19-12-5-3-11(14)4-6-12/h3-6,10H,7-9H2,1-2H3,(H2,15,16,18). The fourth-order valence-electron chi connectivity index (χ4n) is 1.25. The van der Waals surface area contributed by atoms with E-state index in [1.54, 1.807) is 18.9 Å². The Balaban J connectivity index is 2.10. The van der Waals surface area contributed by atoms with Gasteiger partial charge < -0.3 is 15.4 Å². The molecule has 0 saturated heterocycles. The molecule has 0 aromatic heterocycles. The molecule has 0 bridgehead atoms. The molecule has 0 spiro atoms. The Labute approximate surface area is 129 Å². The molecule has 0 aliphatic heterocycles. The molecule has 19 heavy (non-hydrogen) atoms. The number of rotatable bonds is 7. The lowest BCUT2D eigenvalue weighted by Crippen LogP contribution is -2.40. The summed E-state index contributed by atoms with van der Waals surface area (Å²) in [5.74, 6) is 0.948. The second-order valence-corrected chi connectivity index (χ2v) is 6.00. The normalized spacial score (nSPS) is 11.9. The second kappa shape index (κ2) is 9.42. The van der Waals surface area contributed by atoms with Gasteiger partial charge in [0.25, 0.3) is 0 Å². The van der Waals surface area contributed by atoms with E-state index in [0.29, 0.717) is 11.7 Å². The Morgan fingerprint density at radius 2 is 2.05 bits per heavy atom. The first kappa shape index (κ1) is 16.6. The Kier molecular flexibility index (Phi) is 8.21. The summed E-state index contributed by atoms with van der Waals surface area (Å²) < 4.78 is 5.13. The number of hydrogen-bond donors (Lipinski definition) is 2. The number of benzene rings is 1. The molecule has 0 fully saturated rings. The first-order valence-corrected chi connectivity index (χ1v) is 7.82. The highest BCUT2D eigenvalue weighted by Gasteiger charge is 2.00. The van der Waals surface area contributed by atoms with Gasteiger partial charge in [-0.05, 0) is 43.4 Å². The van der Waals surface area contributed by atoms with E-state index in [2.05, 4.69) is 10.6 Å². The number of thiocarbonyl (C=S) groups is 1. The van der Waals surface area contributed by atoms with E-state index in [0.717, 1.165) is 17.3 Å². The molecule has 3 nitrogen and oxygen atoms in total.